The molecule has 3 rings (SSSR count). The molecular formula is C24H30N2O5. The molecule has 31 heavy (non-hydrogen) atoms. The Labute approximate surface area is 183 Å². The van der Waals surface area contributed by atoms with Gasteiger partial charge in [-0.25, -0.2) is 4.79 Å². The van der Waals surface area contributed by atoms with E-state index >= 15 is 0 Å². The fourth-order valence-electron chi connectivity index (χ4n) is 3.33. The first-order chi connectivity index (χ1) is 14.8. The lowest BCUT2D eigenvalue weighted by atomic mass is 9.95. The molecule has 1 aliphatic heterocycles. The van der Waals surface area contributed by atoms with Crippen molar-refractivity contribution in [2.75, 3.05) is 38.8 Å². The predicted octanol–water partition coefficient (Wildman–Crippen LogP) is 3.58. The van der Waals surface area contributed by atoms with E-state index in [1.54, 1.807) is 12.1 Å². The summed E-state index contributed by atoms with van der Waals surface area (Å²) in [5.74, 6) is 0.635. The second-order valence-electron chi connectivity index (χ2n) is 8.06. The molecule has 1 atom stereocenters. The molecule has 1 heterocycles. The van der Waals surface area contributed by atoms with Crippen molar-refractivity contribution < 1.29 is 23.8 Å². The molecule has 0 spiro atoms. The Morgan fingerprint density at radius 1 is 1.03 bits per heavy atom. The number of nitrogens with one attached hydrogen (secondary N) is 1. The summed E-state index contributed by atoms with van der Waals surface area (Å²) in [5.41, 5.74) is 2.30. The van der Waals surface area contributed by atoms with Gasteiger partial charge < -0.3 is 24.4 Å². The number of carbonyl (C=O) groups is 2. The summed E-state index contributed by atoms with van der Waals surface area (Å²) in [4.78, 5) is 26.7. The van der Waals surface area contributed by atoms with Crippen molar-refractivity contribution in [1.82, 2.24) is 5.32 Å². The summed E-state index contributed by atoms with van der Waals surface area (Å²) < 4.78 is 16.6. The molecule has 1 N–H and O–H groups in total. The van der Waals surface area contributed by atoms with Gasteiger partial charge in [0.05, 0.1) is 24.8 Å². The Morgan fingerprint density at radius 3 is 2.35 bits per heavy atom. The number of benzene rings is 2. The second kappa shape index (κ2) is 10.2. The molecule has 166 valence electrons. The number of amides is 1. The van der Waals surface area contributed by atoms with Gasteiger partial charge in [-0.2, -0.15) is 0 Å². The summed E-state index contributed by atoms with van der Waals surface area (Å²) in [6, 6.07) is 12.5. The van der Waals surface area contributed by atoms with Crippen molar-refractivity contribution in [2.45, 2.75) is 26.3 Å². The molecule has 0 aromatic heterocycles. The van der Waals surface area contributed by atoms with Crippen LogP contribution in [0.2, 0.25) is 0 Å². The molecule has 1 amide bonds. The van der Waals surface area contributed by atoms with Gasteiger partial charge in [0.25, 0.3) is 5.91 Å². The minimum Gasteiger partial charge on any atom is -0.490 e. The van der Waals surface area contributed by atoms with Crippen molar-refractivity contribution >= 4 is 17.6 Å². The SMILES string of the molecule is CC(C)[C@@H](NC(=O)COC(=O)c1ccc(N(C)C)cc1)c1ccc2c(c1)OCCCO2. The molecule has 0 fully saturated rings. The lowest BCUT2D eigenvalue weighted by molar-refractivity contribution is -0.125. The number of esters is 1. The molecule has 0 radical (unpaired) electrons. The van der Waals surface area contributed by atoms with E-state index in [9.17, 15) is 9.59 Å². The lowest BCUT2D eigenvalue weighted by Crippen LogP contribution is -2.35. The van der Waals surface area contributed by atoms with E-state index in [0.29, 0.717) is 30.3 Å². The molecule has 0 saturated carbocycles. The Balaban J connectivity index is 1.60. The van der Waals surface area contributed by atoms with E-state index in [4.69, 9.17) is 14.2 Å². The van der Waals surface area contributed by atoms with E-state index < -0.39 is 5.97 Å². The van der Waals surface area contributed by atoms with Gasteiger partial charge in [0.1, 0.15) is 0 Å². The molecule has 0 bridgehead atoms. The fraction of sp³-hybridized carbons (Fsp3) is 0.417. The molecule has 0 aliphatic carbocycles. The molecule has 2 aromatic carbocycles. The normalized spacial score (nSPS) is 13.8. The molecule has 7 heteroatoms. The molecule has 0 unspecified atom stereocenters. The number of hydrogen-bond donors (Lipinski definition) is 1. The first-order valence-electron chi connectivity index (χ1n) is 10.5. The van der Waals surface area contributed by atoms with Gasteiger partial charge in [-0.1, -0.05) is 19.9 Å². The van der Waals surface area contributed by atoms with Crippen LogP contribution in [-0.4, -0.2) is 45.8 Å². The second-order valence-corrected chi connectivity index (χ2v) is 8.06. The van der Waals surface area contributed by atoms with E-state index in [-0.39, 0.29) is 24.5 Å². The highest BCUT2D eigenvalue weighted by molar-refractivity contribution is 5.91. The third-order valence-electron chi connectivity index (χ3n) is 5.07. The van der Waals surface area contributed by atoms with Gasteiger partial charge in [-0.15, -0.1) is 0 Å². The largest absolute Gasteiger partial charge is 0.490 e. The number of anilines is 1. The van der Waals surface area contributed by atoms with Crippen molar-refractivity contribution in [3.05, 3.63) is 53.6 Å². The fourth-order valence-corrected chi connectivity index (χ4v) is 3.33. The van der Waals surface area contributed by atoms with Crippen LogP contribution in [-0.2, 0) is 9.53 Å². The summed E-state index contributed by atoms with van der Waals surface area (Å²) in [6.07, 6.45) is 0.831. The minimum absolute atomic E-state index is 0.128. The highest BCUT2D eigenvalue weighted by Crippen LogP contribution is 2.34. The van der Waals surface area contributed by atoms with Gasteiger partial charge in [-0.05, 0) is 47.9 Å². The number of carbonyl (C=O) groups excluding carboxylic acids is 2. The van der Waals surface area contributed by atoms with Crippen molar-refractivity contribution in [3.63, 3.8) is 0 Å². The summed E-state index contributed by atoms with van der Waals surface area (Å²) >= 11 is 0. The zero-order valence-corrected chi connectivity index (χ0v) is 18.5. The maximum absolute atomic E-state index is 12.5. The van der Waals surface area contributed by atoms with Gasteiger partial charge in [-0.3, -0.25) is 4.79 Å². The van der Waals surface area contributed by atoms with E-state index in [1.165, 1.54) is 0 Å². The smallest absolute Gasteiger partial charge is 0.338 e. The topological polar surface area (TPSA) is 77.1 Å². The van der Waals surface area contributed by atoms with Crippen LogP contribution in [0.15, 0.2) is 42.5 Å². The van der Waals surface area contributed by atoms with Crippen LogP contribution in [0.4, 0.5) is 5.69 Å². The van der Waals surface area contributed by atoms with Gasteiger partial charge >= 0.3 is 5.97 Å². The Bertz CT molecular complexity index is 909. The van der Waals surface area contributed by atoms with Crippen molar-refractivity contribution in [3.8, 4) is 11.5 Å². The Kier molecular flexibility index (Phi) is 7.39. The molecule has 0 saturated heterocycles. The standard InChI is InChI=1S/C24H30N2O5/c1-16(2)23(18-8-11-20-21(14-18)30-13-5-12-29-20)25-22(27)15-31-24(28)17-6-9-19(10-7-17)26(3)4/h6-11,14,16,23H,5,12-13,15H2,1-4H3,(H,25,27)/t23-/m1/s1. The molecule has 1 aliphatic rings. The van der Waals surface area contributed by atoms with Crippen LogP contribution in [0.5, 0.6) is 11.5 Å². The van der Waals surface area contributed by atoms with E-state index in [0.717, 1.165) is 17.7 Å². The quantitative estimate of drug-likeness (QED) is 0.682. The lowest BCUT2D eigenvalue weighted by Gasteiger charge is -2.24. The number of nitrogens with zero attached hydrogens (tertiary/aromatic N) is 1. The van der Waals surface area contributed by atoms with Crippen LogP contribution in [0.1, 0.15) is 42.2 Å². The third kappa shape index (κ3) is 5.90. The highest BCUT2D eigenvalue weighted by atomic mass is 16.5. The number of rotatable bonds is 7. The third-order valence-corrected chi connectivity index (χ3v) is 5.07. The Hall–Kier alpha value is -3.22. The number of fused-ring (bicyclic) bond motifs is 1. The molecule has 7 nitrogen and oxygen atoms in total. The Morgan fingerprint density at radius 2 is 1.71 bits per heavy atom. The molecular weight excluding hydrogens is 396 g/mol. The minimum atomic E-state index is -0.530. The first-order valence-corrected chi connectivity index (χ1v) is 10.5. The van der Waals surface area contributed by atoms with Gasteiger partial charge in [0, 0.05) is 26.2 Å². The summed E-state index contributed by atoms with van der Waals surface area (Å²) in [7, 11) is 3.85. The predicted molar refractivity (Wildman–Crippen MR) is 119 cm³/mol. The van der Waals surface area contributed by atoms with Crippen LogP contribution < -0.4 is 19.7 Å². The van der Waals surface area contributed by atoms with Crippen molar-refractivity contribution in [1.29, 1.82) is 0 Å². The monoisotopic (exact) mass is 426 g/mol. The van der Waals surface area contributed by atoms with E-state index in [1.807, 2.05) is 63.2 Å². The van der Waals surface area contributed by atoms with Crippen LogP contribution in [0.25, 0.3) is 0 Å². The number of hydrogen-bond acceptors (Lipinski definition) is 6. The first kappa shape index (κ1) is 22.5. The van der Waals surface area contributed by atoms with Gasteiger partial charge in [0.2, 0.25) is 0 Å². The maximum Gasteiger partial charge on any atom is 0.338 e. The van der Waals surface area contributed by atoms with Crippen LogP contribution in [0, 0.1) is 5.92 Å². The molecule has 2 aromatic rings. The van der Waals surface area contributed by atoms with Crippen LogP contribution >= 0.6 is 0 Å². The summed E-state index contributed by atoms with van der Waals surface area (Å²) in [6.45, 7) is 4.92. The maximum atomic E-state index is 12.5. The van der Waals surface area contributed by atoms with Gasteiger partial charge in [0.15, 0.2) is 18.1 Å². The zero-order valence-electron chi connectivity index (χ0n) is 18.5. The van der Waals surface area contributed by atoms with Crippen molar-refractivity contribution in [2.24, 2.45) is 5.92 Å². The zero-order chi connectivity index (χ0) is 22.4. The van der Waals surface area contributed by atoms with E-state index in [2.05, 4.69) is 5.32 Å². The highest BCUT2D eigenvalue weighted by Gasteiger charge is 2.22. The van der Waals surface area contributed by atoms with Crippen LogP contribution in [0.3, 0.4) is 0 Å². The summed E-state index contributed by atoms with van der Waals surface area (Å²) in [5, 5.41) is 2.97. The average Bonchev–Trinajstić information content (AvgIpc) is 3.00. The average molecular weight is 427 g/mol. The number of ether oxygens (including phenoxy) is 3.